The van der Waals surface area contributed by atoms with Crippen LogP contribution in [0.2, 0.25) is 0 Å². The minimum absolute atomic E-state index is 0.0322. The van der Waals surface area contributed by atoms with Crippen molar-refractivity contribution in [1.29, 1.82) is 0 Å². The zero-order valence-corrected chi connectivity index (χ0v) is 50.1. The minimum Gasteiger partial charge on any atom is -0.399 e. The molecule has 6 heterocycles. The molecule has 0 unspecified atom stereocenters. The van der Waals surface area contributed by atoms with Crippen LogP contribution in [0, 0.1) is 10.1 Å². The van der Waals surface area contributed by atoms with E-state index in [1.807, 2.05) is 107 Å². The summed E-state index contributed by atoms with van der Waals surface area (Å²) < 4.78 is 15.6. The summed E-state index contributed by atoms with van der Waals surface area (Å²) in [6, 6.07) is 35.9. The lowest BCUT2D eigenvalue weighted by Crippen LogP contribution is -2.41. The van der Waals surface area contributed by atoms with Gasteiger partial charge in [-0.3, -0.25) is 44.1 Å². The Hall–Kier alpha value is -8.64. The molecule has 1 saturated heterocycles. The summed E-state index contributed by atoms with van der Waals surface area (Å²) in [7, 11) is -0.370. The van der Waals surface area contributed by atoms with Gasteiger partial charge in [0.05, 0.1) is 43.7 Å². The van der Waals surface area contributed by atoms with Crippen LogP contribution in [-0.2, 0) is 48.0 Å². The maximum absolute atomic E-state index is 12.0. The molecular formula is C69H62BBrN6O9. The van der Waals surface area contributed by atoms with Crippen molar-refractivity contribution in [2.24, 2.45) is 0 Å². The summed E-state index contributed by atoms with van der Waals surface area (Å²) in [5.74, 6) is 1.13. The number of ketones is 5. The van der Waals surface area contributed by atoms with Crippen LogP contribution in [0.1, 0.15) is 153 Å². The number of nitrogens with zero attached hydrogens (tertiary/aromatic N) is 5. The van der Waals surface area contributed by atoms with Gasteiger partial charge in [0.1, 0.15) is 5.69 Å². The van der Waals surface area contributed by atoms with Crippen LogP contribution in [0.25, 0.3) is 55.1 Å². The van der Waals surface area contributed by atoms with Crippen molar-refractivity contribution in [1.82, 2.24) is 24.5 Å². The number of Topliss-reactive ketones (excluding diaryl/α,β-unsaturated/α-hetero) is 5. The molecule has 5 aromatic carbocycles. The van der Waals surface area contributed by atoms with Crippen molar-refractivity contribution in [3.63, 3.8) is 0 Å². The molecule has 86 heavy (non-hydrogen) atoms. The summed E-state index contributed by atoms with van der Waals surface area (Å²) in [6.45, 7) is 11.3. The number of carbonyl (C=O) groups is 5. The topological polar surface area (TPSA) is 206 Å². The average molecular weight is 1210 g/mol. The Balaban J connectivity index is 0.000000106. The number of rotatable bonds is 5. The first-order valence-corrected chi connectivity index (χ1v) is 30.1. The van der Waals surface area contributed by atoms with Crippen molar-refractivity contribution in [2.45, 2.75) is 123 Å². The van der Waals surface area contributed by atoms with Crippen molar-refractivity contribution in [2.75, 3.05) is 0 Å². The quantitative estimate of drug-likeness (QED) is 0.0970. The van der Waals surface area contributed by atoms with Crippen molar-refractivity contribution < 1.29 is 38.2 Å². The molecule has 0 saturated carbocycles. The molecule has 0 bridgehead atoms. The monoisotopic (exact) mass is 1210 g/mol. The molecule has 10 aromatic rings. The van der Waals surface area contributed by atoms with Crippen LogP contribution in [0.15, 0.2) is 138 Å². The average Bonchev–Trinajstić information content (AvgIpc) is 2.11. The van der Waals surface area contributed by atoms with Gasteiger partial charge in [0, 0.05) is 117 Å². The number of pyridine rings is 3. The lowest BCUT2D eigenvalue weighted by molar-refractivity contribution is -0.384. The van der Waals surface area contributed by atoms with E-state index in [4.69, 9.17) is 9.31 Å². The third-order valence-corrected chi connectivity index (χ3v) is 18.5. The van der Waals surface area contributed by atoms with Crippen LogP contribution >= 0.6 is 15.9 Å². The SMILES string of the molecule is CC1(C)OB(c2cccc3c2CCC3=O)OC1(C)C.CCCn1c2cccnc2c2c3c(ccc21)C(=O)CC3.O=C1CCc2c(Br)cccc21.O=C1CCc2c1ccc1[nH]c3cccnc3c21.O=C1CCc2c1cccc2-c1ncccc1[N+](=O)[O-]. The number of benzene rings is 5. The summed E-state index contributed by atoms with van der Waals surface area (Å²) in [5, 5.41) is 13.4. The van der Waals surface area contributed by atoms with Crippen LogP contribution in [0.5, 0.6) is 0 Å². The van der Waals surface area contributed by atoms with Gasteiger partial charge in [0.25, 0.3) is 5.69 Å². The van der Waals surface area contributed by atoms with Gasteiger partial charge in [-0.25, -0.2) is 4.98 Å². The van der Waals surface area contributed by atoms with E-state index in [9.17, 15) is 34.1 Å². The first kappa shape index (κ1) is 57.8. The predicted molar refractivity (Wildman–Crippen MR) is 337 cm³/mol. The van der Waals surface area contributed by atoms with E-state index in [2.05, 4.69) is 59.5 Å². The fraction of sp³-hybridized carbons (Fsp3) is 0.275. The number of hydrogen-bond acceptors (Lipinski definition) is 12. The summed E-state index contributed by atoms with van der Waals surface area (Å²) in [5.41, 5.74) is 17.6. The molecule has 0 amide bonds. The van der Waals surface area contributed by atoms with Crippen molar-refractivity contribution in [3.05, 3.63) is 204 Å². The number of nitro groups is 1. The van der Waals surface area contributed by atoms with Gasteiger partial charge in [0.15, 0.2) is 28.9 Å². The number of halogens is 1. The highest BCUT2D eigenvalue weighted by Gasteiger charge is 2.52. The molecule has 6 aliphatic rings. The second kappa shape index (κ2) is 23.3. The van der Waals surface area contributed by atoms with Gasteiger partial charge in [-0.2, -0.15) is 0 Å². The van der Waals surface area contributed by atoms with E-state index in [0.29, 0.717) is 55.3 Å². The molecule has 1 fully saturated rings. The Morgan fingerprint density at radius 1 is 0.523 bits per heavy atom. The summed E-state index contributed by atoms with van der Waals surface area (Å²) in [6.07, 6.45) is 13.3. The number of aromatic nitrogens is 5. The molecule has 15 nitrogen and oxygen atoms in total. The van der Waals surface area contributed by atoms with Gasteiger partial charge < -0.3 is 18.9 Å². The highest BCUT2D eigenvalue weighted by molar-refractivity contribution is 9.10. The van der Waals surface area contributed by atoms with Gasteiger partial charge in [-0.05, 0) is 160 Å². The highest BCUT2D eigenvalue weighted by Crippen LogP contribution is 2.40. The van der Waals surface area contributed by atoms with Gasteiger partial charge in [-0.1, -0.05) is 71.4 Å². The third kappa shape index (κ3) is 10.5. The first-order valence-electron chi connectivity index (χ1n) is 29.3. The fourth-order valence-corrected chi connectivity index (χ4v) is 13.4. The van der Waals surface area contributed by atoms with Crippen LogP contribution in [0.3, 0.4) is 0 Å². The summed E-state index contributed by atoms with van der Waals surface area (Å²) >= 11 is 3.42. The van der Waals surface area contributed by atoms with Crippen LogP contribution in [0.4, 0.5) is 5.69 Å². The predicted octanol–water partition coefficient (Wildman–Crippen LogP) is 14.1. The van der Waals surface area contributed by atoms with E-state index < -0.39 is 4.92 Å². The number of H-pyrrole nitrogens is 1. The highest BCUT2D eigenvalue weighted by atomic mass is 79.9. The molecule has 5 aromatic heterocycles. The van der Waals surface area contributed by atoms with E-state index in [1.165, 1.54) is 45.9 Å². The number of aromatic amines is 1. The molecule has 432 valence electrons. The molecule has 0 atom stereocenters. The van der Waals surface area contributed by atoms with Crippen LogP contribution in [-0.4, -0.2) is 76.7 Å². The Labute approximate surface area is 505 Å². The normalized spacial score (nSPS) is 16.4. The first-order chi connectivity index (χ1) is 41.4. The van der Waals surface area contributed by atoms with Crippen molar-refractivity contribution in [3.8, 4) is 11.3 Å². The fourth-order valence-electron chi connectivity index (χ4n) is 12.8. The number of nitrogens with one attached hydrogen (secondary N) is 1. The number of hydrogen-bond donors (Lipinski definition) is 1. The number of fused-ring (bicyclic) bond motifs is 13. The molecular weight excluding hydrogens is 1150 g/mol. The van der Waals surface area contributed by atoms with E-state index in [0.717, 1.165) is 115 Å². The zero-order valence-electron chi connectivity index (χ0n) is 48.6. The second-order valence-corrected chi connectivity index (χ2v) is 24.2. The Morgan fingerprint density at radius 2 is 1.02 bits per heavy atom. The maximum Gasteiger partial charge on any atom is 0.495 e. The molecule has 0 radical (unpaired) electrons. The van der Waals surface area contributed by atoms with E-state index in [1.54, 1.807) is 24.4 Å². The maximum atomic E-state index is 12.0. The second-order valence-electron chi connectivity index (χ2n) is 23.4. The summed E-state index contributed by atoms with van der Waals surface area (Å²) in [4.78, 5) is 85.5. The largest absolute Gasteiger partial charge is 0.495 e. The molecule has 1 N–H and O–H groups in total. The lowest BCUT2D eigenvalue weighted by atomic mass is 9.75. The van der Waals surface area contributed by atoms with Gasteiger partial charge in [-0.15, -0.1) is 0 Å². The van der Waals surface area contributed by atoms with Crippen molar-refractivity contribution >= 4 is 107 Å². The number of aryl methyl sites for hydroxylation is 3. The Kier molecular flexibility index (Phi) is 15.7. The molecule has 0 spiro atoms. The van der Waals surface area contributed by atoms with E-state index >= 15 is 0 Å². The molecule has 16 rings (SSSR count). The third-order valence-electron chi connectivity index (χ3n) is 17.7. The van der Waals surface area contributed by atoms with Gasteiger partial charge in [0.2, 0.25) is 0 Å². The molecule has 1 aliphatic heterocycles. The lowest BCUT2D eigenvalue weighted by Gasteiger charge is -2.32. The standard InChI is InChI=1S/C17H16N2O.C15H19BO3.C14H10N2O3.C14H10N2O.C9H7BrO/c1-2-10-19-13-7-5-11-12(6-8-15(11)20)16(13)17-14(19)4-3-9-18-17;1-14(2)15(3,4)19-16(18-14)12-7-5-6-11-10(12)8-9-13(11)17;17-13-7-6-9-10(13)3-1-4-11(9)14-12(16(18)19)5-2-8-15-14;17-12-6-4-9-8(12)3-5-10-13(9)14-11(16-10)2-1-7-15-14;10-8-3-1-2-7-6(8)4-5-9(7)11/h3-5,7,9H,2,6,8,10H2,1H3;5-7H,8-9H2,1-4H3;1-5,8H,6-7H2;1-3,5,7,16H,4,6H2;1-3H,4-5H2. The minimum atomic E-state index is -0.446. The Morgan fingerprint density at radius 3 is 1.66 bits per heavy atom. The molecule has 5 aliphatic carbocycles. The van der Waals surface area contributed by atoms with Crippen LogP contribution < -0.4 is 5.46 Å². The zero-order chi connectivity index (χ0) is 60.2. The Bertz CT molecular complexity index is 4450. The molecule has 17 heteroatoms. The number of carbonyl (C=O) groups excluding carboxylic acids is 5. The van der Waals surface area contributed by atoms with E-state index in [-0.39, 0.29) is 52.9 Å². The smallest absolute Gasteiger partial charge is 0.399 e. The van der Waals surface area contributed by atoms with Gasteiger partial charge >= 0.3 is 7.12 Å².